The average Bonchev–Trinajstić information content (AvgIpc) is 3.35. The predicted molar refractivity (Wildman–Crippen MR) is 113 cm³/mol. The van der Waals surface area contributed by atoms with Gasteiger partial charge in [0.2, 0.25) is 12.7 Å². The van der Waals surface area contributed by atoms with Crippen molar-refractivity contribution < 1.29 is 28.7 Å². The number of amides is 5. The van der Waals surface area contributed by atoms with Gasteiger partial charge in [-0.15, -0.1) is 0 Å². The second kappa shape index (κ2) is 7.27. The van der Waals surface area contributed by atoms with E-state index in [2.05, 4.69) is 5.32 Å². The number of hydrogen-bond donors (Lipinski definition) is 2. The number of hydrogen-bond acceptors (Lipinski definition) is 6. The van der Waals surface area contributed by atoms with Crippen LogP contribution in [0.2, 0.25) is 0 Å². The first-order chi connectivity index (χ1) is 15.4. The topological polar surface area (TPSA) is 133 Å². The highest BCUT2D eigenvalue weighted by Gasteiger charge is 2.37. The molecule has 0 aliphatic carbocycles. The van der Waals surface area contributed by atoms with Gasteiger partial charge in [-0.25, -0.2) is 9.69 Å². The molecule has 3 heterocycles. The molecule has 10 heteroatoms. The van der Waals surface area contributed by atoms with Crippen LogP contribution < -0.4 is 25.4 Å². The molecule has 2 aliphatic heterocycles. The number of nitrogens with one attached hydrogen (secondary N) is 1. The van der Waals surface area contributed by atoms with Gasteiger partial charge in [-0.2, -0.15) is 0 Å². The quantitative estimate of drug-likeness (QED) is 0.474. The van der Waals surface area contributed by atoms with Crippen molar-refractivity contribution in [3.8, 4) is 11.5 Å². The number of para-hydroxylation sites is 1. The Bertz CT molecular complexity index is 1360. The Morgan fingerprint density at radius 2 is 1.88 bits per heavy atom. The highest BCUT2D eigenvalue weighted by Crippen LogP contribution is 2.36. The third kappa shape index (κ3) is 3.14. The van der Waals surface area contributed by atoms with E-state index in [0.717, 1.165) is 4.90 Å². The monoisotopic (exact) mass is 432 g/mol. The molecule has 32 heavy (non-hydrogen) atoms. The molecule has 0 atom stereocenters. The van der Waals surface area contributed by atoms with Gasteiger partial charge in [0.15, 0.2) is 11.5 Å². The SMILES string of the molecule is NC(=O)Cn1cc(/C=C2\C(=O)NC(=O)N(c3ccc4c(c3)OCO4)C2=O)c2ccccc21. The van der Waals surface area contributed by atoms with Crippen LogP contribution >= 0.6 is 0 Å². The largest absolute Gasteiger partial charge is 0.454 e. The summed E-state index contributed by atoms with van der Waals surface area (Å²) < 4.78 is 12.2. The lowest BCUT2D eigenvalue weighted by atomic mass is 10.1. The van der Waals surface area contributed by atoms with Gasteiger partial charge in [0.1, 0.15) is 12.1 Å². The fourth-order valence-corrected chi connectivity index (χ4v) is 3.76. The summed E-state index contributed by atoms with van der Waals surface area (Å²) >= 11 is 0. The van der Waals surface area contributed by atoms with Gasteiger partial charge in [0.05, 0.1) is 5.69 Å². The van der Waals surface area contributed by atoms with Crippen molar-refractivity contribution in [3.63, 3.8) is 0 Å². The van der Waals surface area contributed by atoms with Crippen LogP contribution in [0.15, 0.2) is 54.2 Å². The van der Waals surface area contributed by atoms with Gasteiger partial charge in [-0.1, -0.05) is 18.2 Å². The number of anilines is 1. The number of ether oxygens (including phenoxy) is 2. The van der Waals surface area contributed by atoms with Gasteiger partial charge in [0, 0.05) is 28.7 Å². The summed E-state index contributed by atoms with van der Waals surface area (Å²) in [5, 5.41) is 2.91. The number of aromatic nitrogens is 1. The van der Waals surface area contributed by atoms with Crippen LogP contribution in [0, 0.1) is 0 Å². The van der Waals surface area contributed by atoms with Crippen molar-refractivity contribution in [2.45, 2.75) is 6.54 Å². The van der Waals surface area contributed by atoms with Crippen LogP contribution in [0.25, 0.3) is 17.0 Å². The van der Waals surface area contributed by atoms with Gasteiger partial charge < -0.3 is 19.8 Å². The number of imide groups is 2. The van der Waals surface area contributed by atoms with Crippen LogP contribution in [-0.4, -0.2) is 35.1 Å². The first-order valence-electron chi connectivity index (χ1n) is 9.59. The van der Waals surface area contributed by atoms with E-state index in [1.807, 2.05) is 0 Å². The molecule has 1 saturated heterocycles. The number of carbonyl (C=O) groups excluding carboxylic acids is 4. The molecule has 0 spiro atoms. The Morgan fingerprint density at radius 1 is 1.09 bits per heavy atom. The van der Waals surface area contributed by atoms with Crippen molar-refractivity contribution in [2.24, 2.45) is 5.73 Å². The van der Waals surface area contributed by atoms with E-state index >= 15 is 0 Å². The van der Waals surface area contributed by atoms with E-state index in [4.69, 9.17) is 15.2 Å². The molecule has 2 aromatic carbocycles. The Balaban J connectivity index is 1.57. The molecule has 2 aliphatic rings. The van der Waals surface area contributed by atoms with E-state index in [0.29, 0.717) is 28.0 Å². The first kappa shape index (κ1) is 19.4. The number of urea groups is 1. The lowest BCUT2D eigenvalue weighted by Crippen LogP contribution is -2.54. The normalized spacial score (nSPS) is 16.7. The smallest absolute Gasteiger partial charge is 0.335 e. The lowest BCUT2D eigenvalue weighted by Gasteiger charge is -2.26. The van der Waals surface area contributed by atoms with Crippen molar-refractivity contribution in [3.05, 3.63) is 59.8 Å². The van der Waals surface area contributed by atoms with Crippen LogP contribution in [0.3, 0.4) is 0 Å². The number of carbonyl (C=O) groups is 4. The number of benzene rings is 2. The third-order valence-electron chi connectivity index (χ3n) is 5.16. The molecule has 3 N–H and O–H groups in total. The highest BCUT2D eigenvalue weighted by molar-refractivity contribution is 6.39. The van der Waals surface area contributed by atoms with Crippen molar-refractivity contribution in [1.29, 1.82) is 0 Å². The first-order valence-corrected chi connectivity index (χ1v) is 9.59. The van der Waals surface area contributed by atoms with E-state index in [1.54, 1.807) is 41.1 Å². The summed E-state index contributed by atoms with van der Waals surface area (Å²) in [6.45, 7) is -0.0242. The molecular formula is C22H16N4O6. The third-order valence-corrected chi connectivity index (χ3v) is 5.16. The standard InChI is InChI=1S/C22H16N4O6/c23-19(27)10-25-9-12(14-3-1-2-4-16(14)25)7-15-20(28)24-22(30)26(21(15)29)13-5-6-17-18(8-13)32-11-31-17/h1-9H,10-11H2,(H2,23,27)(H,24,28,30)/b15-7+. The molecule has 1 fully saturated rings. The molecule has 1 aromatic heterocycles. The van der Waals surface area contributed by atoms with Crippen LogP contribution in [0.5, 0.6) is 11.5 Å². The van der Waals surface area contributed by atoms with Gasteiger partial charge >= 0.3 is 6.03 Å². The summed E-state index contributed by atoms with van der Waals surface area (Å²) in [5.41, 5.74) is 6.57. The molecule has 10 nitrogen and oxygen atoms in total. The van der Waals surface area contributed by atoms with E-state index in [-0.39, 0.29) is 24.6 Å². The van der Waals surface area contributed by atoms with Crippen molar-refractivity contribution in [1.82, 2.24) is 9.88 Å². The molecule has 0 radical (unpaired) electrons. The number of rotatable bonds is 4. The zero-order valence-corrected chi connectivity index (χ0v) is 16.5. The van der Waals surface area contributed by atoms with E-state index < -0.39 is 23.8 Å². The maximum Gasteiger partial charge on any atom is 0.335 e. The molecule has 5 amide bonds. The molecule has 5 rings (SSSR count). The number of primary amides is 1. The van der Waals surface area contributed by atoms with Crippen LogP contribution in [-0.2, 0) is 20.9 Å². The molecule has 3 aromatic rings. The Morgan fingerprint density at radius 3 is 2.69 bits per heavy atom. The number of nitrogens with zero attached hydrogens (tertiary/aromatic N) is 2. The molecule has 0 bridgehead atoms. The minimum Gasteiger partial charge on any atom is -0.454 e. The van der Waals surface area contributed by atoms with Crippen LogP contribution in [0.4, 0.5) is 10.5 Å². The Labute approximate surface area is 180 Å². The summed E-state index contributed by atoms with van der Waals surface area (Å²) in [7, 11) is 0. The van der Waals surface area contributed by atoms with E-state index in [9.17, 15) is 19.2 Å². The highest BCUT2D eigenvalue weighted by atomic mass is 16.7. The van der Waals surface area contributed by atoms with Crippen molar-refractivity contribution >= 4 is 46.4 Å². The summed E-state index contributed by atoms with van der Waals surface area (Å²) in [5.74, 6) is -1.25. The Kier molecular flexibility index (Phi) is 4.40. The fourth-order valence-electron chi connectivity index (χ4n) is 3.76. The summed E-state index contributed by atoms with van der Waals surface area (Å²) in [6, 6.07) is 10.9. The number of nitrogens with two attached hydrogens (primary N) is 1. The van der Waals surface area contributed by atoms with Crippen molar-refractivity contribution in [2.75, 3.05) is 11.7 Å². The molecular weight excluding hydrogens is 416 g/mol. The zero-order chi connectivity index (χ0) is 22.4. The molecule has 0 saturated carbocycles. The number of fused-ring (bicyclic) bond motifs is 2. The fraction of sp³-hybridized carbons (Fsp3) is 0.0909. The van der Waals surface area contributed by atoms with Gasteiger partial charge in [-0.3, -0.25) is 19.7 Å². The minimum absolute atomic E-state index is 0.0396. The summed E-state index contributed by atoms with van der Waals surface area (Å²) in [6.07, 6.45) is 3.02. The average molecular weight is 432 g/mol. The maximum absolute atomic E-state index is 13.2. The Hall–Kier alpha value is -4.60. The molecule has 160 valence electrons. The maximum atomic E-state index is 13.2. The van der Waals surface area contributed by atoms with Gasteiger partial charge in [-0.05, 0) is 24.3 Å². The minimum atomic E-state index is -0.868. The predicted octanol–water partition coefficient (Wildman–Crippen LogP) is 1.52. The number of barbiturate groups is 1. The van der Waals surface area contributed by atoms with Crippen LogP contribution in [0.1, 0.15) is 5.56 Å². The summed E-state index contributed by atoms with van der Waals surface area (Å²) in [4.78, 5) is 50.5. The second-order valence-electron chi connectivity index (χ2n) is 7.19. The second-order valence-corrected chi connectivity index (χ2v) is 7.19. The molecule has 0 unspecified atom stereocenters. The van der Waals surface area contributed by atoms with Gasteiger partial charge in [0.25, 0.3) is 11.8 Å². The van der Waals surface area contributed by atoms with E-state index in [1.165, 1.54) is 18.2 Å². The lowest BCUT2D eigenvalue weighted by molar-refractivity contribution is -0.122. The zero-order valence-electron chi connectivity index (χ0n) is 16.5.